The Morgan fingerprint density at radius 2 is 1.42 bits per heavy atom. The van der Waals surface area contributed by atoms with Gasteiger partial charge in [0, 0.05) is 54.8 Å². The minimum Gasteiger partial charge on any atom is -0.394 e. The second kappa shape index (κ2) is 23.9. The first-order chi connectivity index (χ1) is 31.7. The topological polar surface area (TPSA) is 390 Å². The molecule has 1 unspecified atom stereocenters. The number of Topliss-reactive ketones (excluding diaryl/α,β-unsaturated/α-hetero) is 2. The summed E-state index contributed by atoms with van der Waals surface area (Å²) in [5, 5.41) is 29.9. The van der Waals surface area contributed by atoms with Gasteiger partial charge in [-0.3, -0.25) is 64.0 Å². The predicted molar refractivity (Wildman–Crippen MR) is 227 cm³/mol. The average Bonchev–Trinajstić information content (AvgIpc) is 4.16. The summed E-state index contributed by atoms with van der Waals surface area (Å²) in [6.07, 6.45) is 5.40. The third-order valence-corrected chi connectivity index (χ3v) is 10.6. The highest BCUT2D eigenvalue weighted by Gasteiger charge is 2.37. The number of nitrogens with zero attached hydrogens (tertiary/aromatic N) is 2. The predicted octanol–water partition coefficient (Wildman–Crippen LogP) is -6.54. The average molecular weight is 921 g/mol. The highest BCUT2D eigenvalue weighted by molar-refractivity contribution is 6.40. The van der Waals surface area contributed by atoms with Crippen LogP contribution in [-0.4, -0.2) is 166 Å². The molecule has 0 saturated carbocycles. The van der Waals surface area contributed by atoms with E-state index in [0.717, 1.165) is 10.9 Å². The number of para-hydroxylation sites is 1. The van der Waals surface area contributed by atoms with Crippen LogP contribution in [0.5, 0.6) is 0 Å². The lowest BCUT2D eigenvalue weighted by Crippen LogP contribution is -2.59. The number of carbonyl (C=O) groups is 11. The minimum absolute atomic E-state index is 0.0773. The van der Waals surface area contributed by atoms with Crippen LogP contribution in [0.2, 0.25) is 0 Å². The molecule has 2 aliphatic rings. The van der Waals surface area contributed by atoms with Gasteiger partial charge in [0.25, 0.3) is 0 Å². The fraction of sp³-hybridized carbons (Fsp3) is 0.450. The van der Waals surface area contributed by atoms with Crippen LogP contribution in [0.3, 0.4) is 0 Å². The Balaban J connectivity index is 1.10. The molecule has 26 nitrogen and oxygen atoms in total. The number of hydrazine groups is 1. The van der Waals surface area contributed by atoms with E-state index in [1.807, 2.05) is 0 Å². The maximum Gasteiger partial charge on any atom is 0.245 e. The normalized spacial score (nSPS) is 16.8. The molecule has 0 aliphatic carbocycles. The van der Waals surface area contributed by atoms with Crippen LogP contribution in [-0.2, 0) is 65.6 Å². The fourth-order valence-electron chi connectivity index (χ4n) is 7.19. The molecule has 0 spiro atoms. The zero-order valence-electron chi connectivity index (χ0n) is 35.5. The van der Waals surface area contributed by atoms with E-state index in [-0.39, 0.29) is 51.1 Å². The van der Waals surface area contributed by atoms with Crippen molar-refractivity contribution < 1.29 is 57.8 Å². The summed E-state index contributed by atoms with van der Waals surface area (Å²) < 4.78 is 0. The lowest BCUT2D eigenvalue weighted by molar-refractivity contribution is -0.143. The van der Waals surface area contributed by atoms with E-state index >= 15 is 0 Å². The van der Waals surface area contributed by atoms with Gasteiger partial charge >= 0.3 is 0 Å². The van der Waals surface area contributed by atoms with Crippen LogP contribution in [0.25, 0.3) is 10.9 Å². The van der Waals surface area contributed by atoms with Crippen molar-refractivity contribution in [3.63, 3.8) is 0 Å². The summed E-state index contributed by atoms with van der Waals surface area (Å²) in [5.74, 6) is -3.26. The van der Waals surface area contributed by atoms with Crippen molar-refractivity contribution in [2.75, 3.05) is 45.9 Å². The largest absolute Gasteiger partial charge is 0.394 e. The number of amides is 9. The van der Waals surface area contributed by atoms with Crippen LogP contribution in [0.1, 0.15) is 36.9 Å². The van der Waals surface area contributed by atoms with Crippen molar-refractivity contribution in [3.05, 3.63) is 54.2 Å². The number of aromatic nitrogens is 3. The molecule has 26 heteroatoms. The zero-order valence-corrected chi connectivity index (χ0v) is 35.5. The van der Waals surface area contributed by atoms with E-state index in [9.17, 15) is 57.8 Å². The summed E-state index contributed by atoms with van der Waals surface area (Å²) in [6.45, 7) is -3.55. The molecule has 2 saturated heterocycles. The fourth-order valence-corrected chi connectivity index (χ4v) is 7.19. The molecular weight excluding hydrogens is 869 g/mol. The third-order valence-electron chi connectivity index (χ3n) is 10.6. The molecule has 3 aromatic rings. The van der Waals surface area contributed by atoms with Crippen molar-refractivity contribution in [2.24, 2.45) is 5.84 Å². The summed E-state index contributed by atoms with van der Waals surface area (Å²) in [4.78, 5) is 151. The number of rotatable bonds is 24. The van der Waals surface area contributed by atoms with Crippen LogP contribution < -0.4 is 53.8 Å². The van der Waals surface area contributed by atoms with Gasteiger partial charge < -0.3 is 62.5 Å². The molecule has 2 fully saturated rings. The number of imidazole rings is 1. The maximum atomic E-state index is 13.9. The Hall–Kier alpha value is -7.58. The van der Waals surface area contributed by atoms with Gasteiger partial charge in [0.2, 0.25) is 64.7 Å². The molecule has 5 atom stereocenters. The Labute approximate surface area is 375 Å². The second-order valence-corrected chi connectivity index (χ2v) is 15.3. The lowest BCUT2D eigenvalue weighted by Gasteiger charge is -2.25. The molecule has 4 heterocycles. The van der Waals surface area contributed by atoms with Gasteiger partial charge in [0.05, 0.1) is 51.7 Å². The van der Waals surface area contributed by atoms with Crippen molar-refractivity contribution in [1.82, 2.24) is 67.8 Å². The van der Waals surface area contributed by atoms with Gasteiger partial charge in [-0.2, -0.15) is 0 Å². The summed E-state index contributed by atoms with van der Waals surface area (Å²) >= 11 is 0. The molecule has 2 aliphatic heterocycles. The van der Waals surface area contributed by atoms with E-state index in [4.69, 9.17) is 5.84 Å². The van der Waals surface area contributed by atoms with E-state index < -0.39 is 122 Å². The Kier molecular flexibility index (Phi) is 17.9. The number of H-pyrrole nitrogens is 2. The first-order valence-electron chi connectivity index (χ1n) is 20.9. The Bertz CT molecular complexity index is 2300. The highest BCUT2D eigenvalue weighted by atomic mass is 16.3. The molecule has 66 heavy (non-hydrogen) atoms. The standard InChI is InChI=1S/C40H52N14O12/c41-49-18-35(61)54-9-3-6-29(54)36(62)30(56)14-44-32(58)15-45-33(59)16-46-34(60)17-47-37(63)28(19-55)53-39(65)26(10-21-12-43-24-5-2-1-4-23(21)24)51-40(66)27(11-22-13-42-20-48-22)52-38(64)25-7-8-31(57)50-25/h1-2,4-5,12-13,20,25-29,43,49,55H,3,6-11,14-19,41H2,(H,42,48)(H,44,58)(H,45,59)(H,46,60)(H,47,63)(H,50,57)(H,51,66)(H,52,64)(H,53,65)/t25-,26-,27-,28-,29?/m0/s1. The number of hydrogen-bond donors (Lipinski definition) is 13. The summed E-state index contributed by atoms with van der Waals surface area (Å²) in [6, 6.07) is 1.04. The van der Waals surface area contributed by atoms with Crippen molar-refractivity contribution in [1.29, 1.82) is 0 Å². The van der Waals surface area contributed by atoms with Gasteiger partial charge in [-0.05, 0) is 30.9 Å². The second-order valence-electron chi connectivity index (χ2n) is 15.3. The number of nitrogens with one attached hydrogen (secondary N) is 11. The number of likely N-dealkylation sites (tertiary alicyclic amines) is 1. The summed E-state index contributed by atoms with van der Waals surface area (Å²) in [7, 11) is 0. The molecule has 1 aromatic carbocycles. The Morgan fingerprint density at radius 3 is 2.06 bits per heavy atom. The number of aromatic amines is 2. The summed E-state index contributed by atoms with van der Waals surface area (Å²) in [5.41, 5.74) is 4.01. The van der Waals surface area contributed by atoms with E-state index in [1.54, 1.807) is 30.5 Å². The number of carbonyl (C=O) groups excluding carboxylic acids is 11. The molecular formula is C40H52N14O12. The van der Waals surface area contributed by atoms with Gasteiger partial charge in [-0.1, -0.05) is 18.2 Å². The molecule has 9 amide bonds. The van der Waals surface area contributed by atoms with Gasteiger partial charge in [-0.25, -0.2) is 4.98 Å². The maximum absolute atomic E-state index is 13.9. The number of aliphatic hydroxyl groups is 1. The molecule has 5 rings (SSSR count). The molecule has 0 radical (unpaired) electrons. The third kappa shape index (κ3) is 14.0. The number of hydrogen-bond acceptors (Lipinski definition) is 15. The van der Waals surface area contributed by atoms with E-state index in [2.05, 4.69) is 62.9 Å². The van der Waals surface area contributed by atoms with Crippen LogP contribution >= 0.6 is 0 Å². The molecule has 2 aromatic heterocycles. The van der Waals surface area contributed by atoms with Crippen LogP contribution in [0.4, 0.5) is 0 Å². The molecule has 0 bridgehead atoms. The minimum atomic E-state index is -1.63. The van der Waals surface area contributed by atoms with Crippen LogP contribution in [0, 0.1) is 0 Å². The number of fused-ring (bicyclic) bond motifs is 1. The van der Waals surface area contributed by atoms with Crippen molar-refractivity contribution in [2.45, 2.75) is 68.7 Å². The first kappa shape index (κ1) is 49.4. The SMILES string of the molecule is NNCC(=O)N1CCCC1C(=O)C(=O)CNC(=O)CNC(=O)CNC(=O)CNC(=O)[C@H](CO)NC(=O)[C@H](Cc1c[nH]c2ccccc12)NC(=O)[C@H](Cc1cnc[nH]1)NC(=O)[C@@H]1CCC(=O)N1. The van der Waals surface area contributed by atoms with Crippen LogP contribution in [0.15, 0.2) is 43.0 Å². The smallest absolute Gasteiger partial charge is 0.245 e. The van der Waals surface area contributed by atoms with Gasteiger partial charge in [-0.15, -0.1) is 0 Å². The lowest BCUT2D eigenvalue weighted by atomic mass is 10.0. The quantitative estimate of drug-likeness (QED) is 0.0226. The number of ketones is 2. The monoisotopic (exact) mass is 920 g/mol. The number of nitrogens with two attached hydrogens (primary N) is 1. The first-order valence-corrected chi connectivity index (χ1v) is 20.9. The number of aliphatic hydroxyl groups excluding tert-OH is 1. The van der Waals surface area contributed by atoms with E-state index in [0.29, 0.717) is 17.7 Å². The zero-order chi connectivity index (χ0) is 47.8. The Morgan fingerprint density at radius 1 is 0.773 bits per heavy atom. The highest BCUT2D eigenvalue weighted by Crippen LogP contribution is 2.20. The van der Waals surface area contributed by atoms with Crippen molar-refractivity contribution in [3.8, 4) is 0 Å². The number of benzene rings is 1. The van der Waals surface area contributed by atoms with Gasteiger partial charge in [0.1, 0.15) is 24.2 Å². The van der Waals surface area contributed by atoms with Crippen molar-refractivity contribution >= 4 is 75.6 Å². The van der Waals surface area contributed by atoms with Gasteiger partial charge in [0.15, 0.2) is 0 Å². The molecule has 354 valence electrons. The van der Waals surface area contributed by atoms with E-state index in [1.165, 1.54) is 17.4 Å². The molecule has 14 N–H and O–H groups in total.